The van der Waals surface area contributed by atoms with E-state index in [1.54, 1.807) is 18.7 Å². The zero-order valence-corrected chi connectivity index (χ0v) is 14.0. The molecule has 0 spiro atoms. The van der Waals surface area contributed by atoms with E-state index in [-0.39, 0.29) is 6.10 Å². The summed E-state index contributed by atoms with van der Waals surface area (Å²) in [6.45, 7) is 5.42. The van der Waals surface area contributed by atoms with E-state index in [1.165, 1.54) is 0 Å². The fraction of sp³-hybridized carbons (Fsp3) is 0.375. The van der Waals surface area contributed by atoms with Crippen molar-refractivity contribution in [1.29, 1.82) is 0 Å². The number of hydrogen-bond acceptors (Lipinski definition) is 7. The molecule has 0 saturated carbocycles. The first kappa shape index (κ1) is 16.0. The van der Waals surface area contributed by atoms with Gasteiger partial charge in [0.15, 0.2) is 0 Å². The molecule has 0 radical (unpaired) electrons. The molecule has 2 aromatic rings. The molecule has 0 saturated heterocycles. The number of rotatable bonds is 4. The maximum atomic E-state index is 12.7. The average molecular weight is 329 g/mol. The minimum absolute atomic E-state index is 0.230. The first-order valence-electron chi connectivity index (χ1n) is 7.62. The molecule has 24 heavy (non-hydrogen) atoms. The van der Waals surface area contributed by atoms with Crippen LogP contribution >= 0.6 is 0 Å². The van der Waals surface area contributed by atoms with Gasteiger partial charge in [0.1, 0.15) is 11.8 Å². The predicted octanol–water partition coefficient (Wildman–Crippen LogP) is 1.92. The smallest absolute Gasteiger partial charge is 0.338 e. The van der Waals surface area contributed by atoms with E-state index in [0.29, 0.717) is 23.0 Å². The molecule has 0 bridgehead atoms. The van der Waals surface area contributed by atoms with Gasteiger partial charge in [-0.05, 0) is 37.3 Å². The van der Waals surface area contributed by atoms with Crippen molar-refractivity contribution in [3.63, 3.8) is 0 Å². The number of esters is 1. The van der Waals surface area contributed by atoms with Crippen LogP contribution in [-0.4, -0.2) is 39.4 Å². The van der Waals surface area contributed by atoms with Gasteiger partial charge in [0.25, 0.3) is 0 Å². The summed E-state index contributed by atoms with van der Waals surface area (Å²) in [6, 6.07) is 6.94. The number of nitrogens with zero attached hydrogens (tertiary/aromatic N) is 4. The van der Waals surface area contributed by atoms with Crippen LogP contribution in [0.1, 0.15) is 32.4 Å². The van der Waals surface area contributed by atoms with Crippen LogP contribution in [0.5, 0.6) is 5.75 Å². The SMILES string of the molecule is COc1ccccc1C1C(C(=O)OC(C)C)=C(C)Nc2nnnn21. The number of nitrogens with one attached hydrogen (secondary N) is 1. The highest BCUT2D eigenvalue weighted by Gasteiger charge is 2.36. The van der Waals surface area contributed by atoms with Gasteiger partial charge in [0.2, 0.25) is 5.95 Å². The summed E-state index contributed by atoms with van der Waals surface area (Å²) in [5.41, 5.74) is 1.89. The van der Waals surface area contributed by atoms with Crippen LogP contribution in [0.3, 0.4) is 0 Å². The topological polar surface area (TPSA) is 91.2 Å². The standard InChI is InChI=1S/C16H19N5O3/c1-9(2)24-15(22)13-10(3)17-16-18-19-20-21(16)14(13)11-7-5-6-8-12(11)23-4/h5-9,14H,1-4H3,(H,17,18,20). The Kier molecular flexibility index (Phi) is 4.20. The molecule has 8 heteroatoms. The van der Waals surface area contributed by atoms with Crippen molar-refractivity contribution in [3.05, 3.63) is 41.1 Å². The third-order valence-electron chi connectivity index (χ3n) is 3.71. The fourth-order valence-corrected chi connectivity index (χ4v) is 2.73. The van der Waals surface area contributed by atoms with Gasteiger partial charge in [-0.3, -0.25) is 0 Å². The molecular formula is C16H19N5O3. The summed E-state index contributed by atoms with van der Waals surface area (Å²) in [7, 11) is 1.59. The highest BCUT2D eigenvalue weighted by molar-refractivity contribution is 5.92. The Morgan fingerprint density at radius 3 is 2.79 bits per heavy atom. The van der Waals surface area contributed by atoms with Crippen LogP contribution in [0.15, 0.2) is 35.5 Å². The van der Waals surface area contributed by atoms with E-state index >= 15 is 0 Å². The van der Waals surface area contributed by atoms with Gasteiger partial charge in [-0.25, -0.2) is 4.79 Å². The van der Waals surface area contributed by atoms with E-state index in [0.717, 1.165) is 5.56 Å². The second-order valence-corrected chi connectivity index (χ2v) is 5.71. The molecule has 1 aromatic heterocycles. The number of hydrogen-bond donors (Lipinski definition) is 1. The number of carbonyl (C=O) groups excluding carboxylic acids is 1. The Labute approximate surface area is 139 Å². The first-order valence-corrected chi connectivity index (χ1v) is 7.62. The summed E-state index contributed by atoms with van der Waals surface area (Å²) in [5, 5.41) is 14.7. The van der Waals surface area contributed by atoms with Gasteiger partial charge in [-0.2, -0.15) is 4.68 Å². The molecule has 0 aliphatic carbocycles. The lowest BCUT2D eigenvalue weighted by molar-refractivity contribution is -0.143. The van der Waals surface area contributed by atoms with Crippen molar-refractivity contribution in [2.24, 2.45) is 0 Å². The monoisotopic (exact) mass is 329 g/mol. The highest BCUT2D eigenvalue weighted by Crippen LogP contribution is 2.38. The molecule has 1 N–H and O–H groups in total. The second kappa shape index (κ2) is 6.31. The van der Waals surface area contributed by atoms with Crippen LogP contribution in [0.4, 0.5) is 5.95 Å². The summed E-state index contributed by atoms with van der Waals surface area (Å²) >= 11 is 0. The Bertz CT molecular complexity index is 797. The number of tetrazole rings is 1. The summed E-state index contributed by atoms with van der Waals surface area (Å²) in [4.78, 5) is 12.7. The normalized spacial score (nSPS) is 16.6. The van der Waals surface area contributed by atoms with Gasteiger partial charge < -0.3 is 14.8 Å². The predicted molar refractivity (Wildman–Crippen MR) is 86.5 cm³/mol. The van der Waals surface area contributed by atoms with Crippen molar-refractivity contribution in [2.45, 2.75) is 32.9 Å². The molecule has 1 atom stereocenters. The number of allylic oxidation sites excluding steroid dienone is 1. The second-order valence-electron chi connectivity index (χ2n) is 5.71. The highest BCUT2D eigenvalue weighted by atomic mass is 16.5. The number of benzene rings is 1. The fourth-order valence-electron chi connectivity index (χ4n) is 2.73. The van der Waals surface area contributed by atoms with Crippen LogP contribution in [0.2, 0.25) is 0 Å². The number of methoxy groups -OCH3 is 1. The lowest BCUT2D eigenvalue weighted by Gasteiger charge is -2.28. The maximum Gasteiger partial charge on any atom is 0.338 e. The van der Waals surface area contributed by atoms with E-state index in [1.807, 2.05) is 38.1 Å². The zero-order valence-electron chi connectivity index (χ0n) is 14.0. The van der Waals surface area contributed by atoms with E-state index in [9.17, 15) is 4.79 Å². The summed E-state index contributed by atoms with van der Waals surface area (Å²) in [5.74, 6) is 0.699. The van der Waals surface area contributed by atoms with Gasteiger partial charge in [0.05, 0.1) is 18.8 Å². The lowest BCUT2D eigenvalue weighted by atomic mass is 9.95. The van der Waals surface area contributed by atoms with Crippen LogP contribution < -0.4 is 10.1 Å². The molecule has 3 rings (SSSR count). The summed E-state index contributed by atoms with van der Waals surface area (Å²) < 4.78 is 12.4. The molecule has 0 amide bonds. The Hall–Kier alpha value is -2.90. The summed E-state index contributed by atoms with van der Waals surface area (Å²) in [6.07, 6.45) is -0.230. The molecule has 126 valence electrons. The minimum atomic E-state index is -0.529. The van der Waals surface area contributed by atoms with Crippen LogP contribution in [0, 0.1) is 0 Å². The van der Waals surface area contributed by atoms with Crippen molar-refractivity contribution in [1.82, 2.24) is 20.2 Å². The number of anilines is 1. The average Bonchev–Trinajstić information content (AvgIpc) is 3.00. The van der Waals surface area contributed by atoms with Crippen LogP contribution in [0.25, 0.3) is 0 Å². The third-order valence-corrected chi connectivity index (χ3v) is 3.71. The van der Waals surface area contributed by atoms with Gasteiger partial charge in [-0.1, -0.05) is 23.3 Å². The van der Waals surface area contributed by atoms with Crippen molar-refractivity contribution in [3.8, 4) is 5.75 Å². The van der Waals surface area contributed by atoms with Crippen LogP contribution in [-0.2, 0) is 9.53 Å². The molecule has 0 fully saturated rings. The van der Waals surface area contributed by atoms with Gasteiger partial charge >= 0.3 is 5.97 Å². The molecule has 2 heterocycles. The Morgan fingerprint density at radius 2 is 2.08 bits per heavy atom. The lowest BCUT2D eigenvalue weighted by Crippen LogP contribution is -2.30. The number of carbonyl (C=O) groups is 1. The first-order chi connectivity index (χ1) is 11.5. The number of ether oxygens (including phenoxy) is 2. The Morgan fingerprint density at radius 1 is 1.33 bits per heavy atom. The molecule has 1 aliphatic heterocycles. The van der Waals surface area contributed by atoms with Gasteiger partial charge in [-0.15, -0.1) is 0 Å². The van der Waals surface area contributed by atoms with E-state index in [2.05, 4.69) is 20.8 Å². The number of aromatic nitrogens is 4. The van der Waals surface area contributed by atoms with Crippen molar-refractivity contribution < 1.29 is 14.3 Å². The zero-order chi connectivity index (χ0) is 17.3. The molecular weight excluding hydrogens is 310 g/mol. The third kappa shape index (κ3) is 2.70. The molecule has 8 nitrogen and oxygen atoms in total. The van der Waals surface area contributed by atoms with Crippen molar-refractivity contribution in [2.75, 3.05) is 12.4 Å². The molecule has 1 aliphatic rings. The molecule has 1 unspecified atom stereocenters. The van der Waals surface area contributed by atoms with E-state index < -0.39 is 12.0 Å². The molecule has 1 aromatic carbocycles. The van der Waals surface area contributed by atoms with E-state index in [4.69, 9.17) is 9.47 Å². The quantitative estimate of drug-likeness (QED) is 0.857. The number of para-hydroxylation sites is 1. The van der Waals surface area contributed by atoms with Gasteiger partial charge in [0, 0.05) is 11.3 Å². The number of fused-ring (bicyclic) bond motifs is 1. The Balaban J connectivity index is 2.16. The van der Waals surface area contributed by atoms with Crippen molar-refractivity contribution >= 4 is 11.9 Å². The minimum Gasteiger partial charge on any atom is -0.496 e. The largest absolute Gasteiger partial charge is 0.496 e. The maximum absolute atomic E-state index is 12.7.